The standard InChI is InChI=1S/C16H26N2OS/c1-3-5-16(6-8-17-9-7-16)15(19)18-13(2)11-14-4-10-20-12-14/h4,10,12-13,17H,3,5-9,11H2,1-2H3,(H,18,19). The molecule has 0 bridgehead atoms. The molecule has 1 amide bonds. The Morgan fingerprint density at radius 3 is 2.85 bits per heavy atom. The van der Waals surface area contributed by atoms with E-state index in [9.17, 15) is 4.79 Å². The minimum absolute atomic E-state index is 0.136. The highest BCUT2D eigenvalue weighted by atomic mass is 32.1. The summed E-state index contributed by atoms with van der Waals surface area (Å²) in [5, 5.41) is 10.9. The molecule has 2 N–H and O–H groups in total. The molecule has 1 unspecified atom stereocenters. The predicted molar refractivity (Wildman–Crippen MR) is 85.1 cm³/mol. The first-order chi connectivity index (χ1) is 9.66. The number of amides is 1. The van der Waals surface area contributed by atoms with Crippen LogP contribution in [0.15, 0.2) is 16.8 Å². The summed E-state index contributed by atoms with van der Waals surface area (Å²) in [5.74, 6) is 0.267. The van der Waals surface area contributed by atoms with Crippen molar-refractivity contribution in [2.45, 2.75) is 52.0 Å². The van der Waals surface area contributed by atoms with Crippen molar-refractivity contribution in [1.82, 2.24) is 10.6 Å². The quantitative estimate of drug-likeness (QED) is 0.847. The van der Waals surface area contributed by atoms with E-state index < -0.39 is 0 Å². The van der Waals surface area contributed by atoms with Crippen LogP contribution in [0.5, 0.6) is 0 Å². The smallest absolute Gasteiger partial charge is 0.226 e. The third-order valence-electron chi connectivity index (χ3n) is 4.27. The minimum Gasteiger partial charge on any atom is -0.353 e. The van der Waals surface area contributed by atoms with Crippen LogP contribution in [0.1, 0.15) is 45.1 Å². The van der Waals surface area contributed by atoms with Crippen LogP contribution in [0.4, 0.5) is 0 Å². The summed E-state index contributed by atoms with van der Waals surface area (Å²) >= 11 is 1.71. The van der Waals surface area contributed by atoms with Gasteiger partial charge in [-0.3, -0.25) is 4.79 Å². The second kappa shape index (κ2) is 7.23. The first-order valence-corrected chi connectivity index (χ1v) is 8.63. The van der Waals surface area contributed by atoms with Crippen molar-refractivity contribution in [3.63, 3.8) is 0 Å². The molecule has 0 radical (unpaired) electrons. The SMILES string of the molecule is CCCC1(C(=O)NC(C)Cc2ccsc2)CCNCC1. The Labute approximate surface area is 126 Å². The second-order valence-electron chi connectivity index (χ2n) is 5.99. The van der Waals surface area contributed by atoms with Crippen LogP contribution in [-0.4, -0.2) is 25.0 Å². The van der Waals surface area contributed by atoms with Crippen LogP contribution >= 0.6 is 11.3 Å². The lowest BCUT2D eigenvalue weighted by Gasteiger charge is -2.37. The van der Waals surface area contributed by atoms with Gasteiger partial charge >= 0.3 is 0 Å². The summed E-state index contributed by atoms with van der Waals surface area (Å²) < 4.78 is 0. The van der Waals surface area contributed by atoms with Crippen LogP contribution in [0, 0.1) is 5.41 Å². The number of piperidine rings is 1. The molecule has 2 rings (SSSR count). The van der Waals surface area contributed by atoms with Gasteiger partial charge in [0, 0.05) is 6.04 Å². The average Bonchev–Trinajstić information content (AvgIpc) is 2.92. The lowest BCUT2D eigenvalue weighted by molar-refractivity contribution is -0.133. The van der Waals surface area contributed by atoms with Crippen molar-refractivity contribution in [1.29, 1.82) is 0 Å². The molecule has 0 aromatic carbocycles. The number of carbonyl (C=O) groups excluding carboxylic acids is 1. The Bertz CT molecular complexity index is 405. The molecule has 0 aliphatic carbocycles. The summed E-state index contributed by atoms with van der Waals surface area (Å²) in [7, 11) is 0. The number of thiophene rings is 1. The summed E-state index contributed by atoms with van der Waals surface area (Å²) in [6, 6.07) is 2.35. The maximum atomic E-state index is 12.7. The zero-order valence-corrected chi connectivity index (χ0v) is 13.4. The molecule has 1 saturated heterocycles. The van der Waals surface area contributed by atoms with Gasteiger partial charge in [-0.25, -0.2) is 0 Å². The van der Waals surface area contributed by atoms with E-state index in [1.165, 1.54) is 5.56 Å². The molecular formula is C16H26N2OS. The fourth-order valence-electron chi connectivity index (χ4n) is 3.16. The van der Waals surface area contributed by atoms with Crippen molar-refractivity contribution >= 4 is 17.2 Å². The molecule has 1 fully saturated rings. The van der Waals surface area contributed by atoms with Crippen molar-refractivity contribution in [3.8, 4) is 0 Å². The molecule has 4 heteroatoms. The summed E-state index contributed by atoms with van der Waals surface area (Å²) in [6.07, 6.45) is 4.95. The largest absolute Gasteiger partial charge is 0.353 e. The Hall–Kier alpha value is -0.870. The van der Waals surface area contributed by atoms with E-state index in [1.807, 2.05) is 0 Å². The molecule has 3 nitrogen and oxygen atoms in total. The average molecular weight is 294 g/mol. The highest BCUT2D eigenvalue weighted by molar-refractivity contribution is 7.07. The summed E-state index contributed by atoms with van der Waals surface area (Å²) in [6.45, 7) is 6.21. The zero-order chi connectivity index (χ0) is 14.4. The van der Waals surface area contributed by atoms with Crippen LogP contribution in [0.25, 0.3) is 0 Å². The van der Waals surface area contributed by atoms with Gasteiger partial charge in [0.25, 0.3) is 0 Å². The highest BCUT2D eigenvalue weighted by Gasteiger charge is 2.38. The maximum absolute atomic E-state index is 12.7. The Morgan fingerprint density at radius 1 is 1.50 bits per heavy atom. The van der Waals surface area contributed by atoms with E-state index in [2.05, 4.69) is 41.3 Å². The van der Waals surface area contributed by atoms with E-state index in [0.717, 1.165) is 45.2 Å². The predicted octanol–water partition coefficient (Wildman–Crippen LogP) is 2.97. The molecule has 112 valence electrons. The van der Waals surface area contributed by atoms with Crippen LogP contribution < -0.4 is 10.6 Å². The van der Waals surface area contributed by atoms with E-state index in [-0.39, 0.29) is 17.4 Å². The third kappa shape index (κ3) is 3.83. The summed E-state index contributed by atoms with van der Waals surface area (Å²) in [5.41, 5.74) is 1.18. The van der Waals surface area contributed by atoms with Gasteiger partial charge in [-0.05, 0) is 68.1 Å². The van der Waals surface area contributed by atoms with Gasteiger partial charge in [0.15, 0.2) is 0 Å². The van der Waals surface area contributed by atoms with Crippen molar-refractivity contribution < 1.29 is 4.79 Å². The second-order valence-corrected chi connectivity index (χ2v) is 6.77. The minimum atomic E-state index is -0.136. The van der Waals surface area contributed by atoms with E-state index in [0.29, 0.717) is 0 Å². The molecule has 0 saturated carbocycles. The van der Waals surface area contributed by atoms with Gasteiger partial charge in [0.05, 0.1) is 5.41 Å². The monoisotopic (exact) mass is 294 g/mol. The normalized spacial score (nSPS) is 19.5. The molecular weight excluding hydrogens is 268 g/mol. The molecule has 1 aromatic heterocycles. The van der Waals surface area contributed by atoms with Crippen molar-refractivity contribution in [3.05, 3.63) is 22.4 Å². The fraction of sp³-hybridized carbons (Fsp3) is 0.688. The van der Waals surface area contributed by atoms with Gasteiger partial charge in [0.1, 0.15) is 0 Å². The molecule has 1 atom stereocenters. The number of hydrogen-bond donors (Lipinski definition) is 2. The van der Waals surface area contributed by atoms with E-state index in [4.69, 9.17) is 0 Å². The lowest BCUT2D eigenvalue weighted by Crippen LogP contribution is -2.50. The van der Waals surface area contributed by atoms with Crippen LogP contribution in [0.3, 0.4) is 0 Å². The van der Waals surface area contributed by atoms with E-state index >= 15 is 0 Å². The molecule has 1 aliphatic rings. The number of nitrogens with one attached hydrogen (secondary N) is 2. The number of rotatable bonds is 6. The molecule has 2 heterocycles. The van der Waals surface area contributed by atoms with Gasteiger partial charge in [-0.2, -0.15) is 11.3 Å². The Balaban J connectivity index is 1.93. The summed E-state index contributed by atoms with van der Waals surface area (Å²) in [4.78, 5) is 12.7. The zero-order valence-electron chi connectivity index (χ0n) is 12.6. The van der Waals surface area contributed by atoms with Crippen molar-refractivity contribution in [2.24, 2.45) is 5.41 Å². The van der Waals surface area contributed by atoms with Crippen LogP contribution in [0.2, 0.25) is 0 Å². The lowest BCUT2D eigenvalue weighted by atomic mass is 9.74. The molecule has 0 spiro atoms. The maximum Gasteiger partial charge on any atom is 0.226 e. The first kappa shape index (κ1) is 15.5. The Morgan fingerprint density at radius 2 is 2.25 bits per heavy atom. The Kier molecular flexibility index (Phi) is 5.61. The third-order valence-corrected chi connectivity index (χ3v) is 5.00. The highest BCUT2D eigenvalue weighted by Crippen LogP contribution is 2.34. The molecule has 20 heavy (non-hydrogen) atoms. The molecule has 1 aliphatic heterocycles. The fourth-order valence-corrected chi connectivity index (χ4v) is 3.85. The number of carbonyl (C=O) groups is 1. The van der Waals surface area contributed by atoms with Gasteiger partial charge in [-0.1, -0.05) is 13.3 Å². The topological polar surface area (TPSA) is 41.1 Å². The van der Waals surface area contributed by atoms with Crippen LogP contribution in [-0.2, 0) is 11.2 Å². The number of hydrogen-bond acceptors (Lipinski definition) is 3. The van der Waals surface area contributed by atoms with Crippen molar-refractivity contribution in [2.75, 3.05) is 13.1 Å². The first-order valence-electron chi connectivity index (χ1n) is 7.69. The van der Waals surface area contributed by atoms with Gasteiger partial charge < -0.3 is 10.6 Å². The van der Waals surface area contributed by atoms with Gasteiger partial charge in [-0.15, -0.1) is 0 Å². The molecule has 1 aromatic rings. The van der Waals surface area contributed by atoms with E-state index in [1.54, 1.807) is 11.3 Å². The van der Waals surface area contributed by atoms with Gasteiger partial charge in [0.2, 0.25) is 5.91 Å².